The Hall–Kier alpha value is -1.27. The van der Waals surface area contributed by atoms with E-state index in [1.54, 1.807) is 12.1 Å². The van der Waals surface area contributed by atoms with E-state index in [4.69, 9.17) is 11.6 Å². The molecule has 23 heavy (non-hydrogen) atoms. The summed E-state index contributed by atoms with van der Waals surface area (Å²) in [5.74, 6) is 0. The zero-order valence-corrected chi connectivity index (χ0v) is 16.5. The van der Waals surface area contributed by atoms with Gasteiger partial charge in [-0.15, -0.1) is 0 Å². The van der Waals surface area contributed by atoms with E-state index >= 15 is 0 Å². The first kappa shape index (κ1) is 18.1. The number of carbonyl (C=O) groups excluding carboxylic acids is 1. The minimum atomic E-state index is -0.398. The van der Waals surface area contributed by atoms with Crippen molar-refractivity contribution < 1.29 is 4.79 Å². The lowest BCUT2D eigenvalue weighted by molar-refractivity contribution is 0.108. The largest absolute Gasteiger partial charge is 0.365 e. The monoisotopic (exact) mass is 554 g/mol. The lowest BCUT2D eigenvalue weighted by Crippen LogP contribution is -2.16. The van der Waals surface area contributed by atoms with Crippen LogP contribution in [0.3, 0.4) is 0 Å². The second-order valence-corrected chi connectivity index (χ2v) is 6.79. The van der Waals surface area contributed by atoms with Gasteiger partial charge in [0.25, 0.3) is 5.24 Å². The van der Waals surface area contributed by atoms with Gasteiger partial charge in [-0.2, -0.15) is 4.68 Å². The number of hydrogen-bond donors (Lipinski definition) is 1. The fourth-order valence-electron chi connectivity index (χ4n) is 1.60. The van der Waals surface area contributed by atoms with E-state index in [0.29, 0.717) is 5.56 Å². The van der Waals surface area contributed by atoms with Gasteiger partial charge in [-0.05, 0) is 91.5 Å². The molecule has 0 amide bonds. The Morgan fingerprint density at radius 1 is 1.04 bits per heavy atom. The summed E-state index contributed by atoms with van der Waals surface area (Å²) in [4.78, 5) is 21.8. The SMILES string of the molecule is O=C(Cl)c1ccccc1I.O=c1[nH]nnn1-c1ccccc1I. The van der Waals surface area contributed by atoms with Crippen molar-refractivity contribution in [2.75, 3.05) is 0 Å². The Balaban J connectivity index is 0.000000174. The minimum Gasteiger partial charge on any atom is -0.276 e. The summed E-state index contributed by atoms with van der Waals surface area (Å²) < 4.78 is 3.07. The molecule has 9 heteroatoms. The van der Waals surface area contributed by atoms with Crippen LogP contribution in [0.25, 0.3) is 5.69 Å². The van der Waals surface area contributed by atoms with Gasteiger partial charge in [0, 0.05) is 12.7 Å². The summed E-state index contributed by atoms with van der Waals surface area (Å²) in [6, 6.07) is 14.7. The molecule has 1 aromatic heterocycles. The number of aromatic amines is 1. The molecule has 118 valence electrons. The first-order valence-electron chi connectivity index (χ1n) is 6.20. The summed E-state index contributed by atoms with van der Waals surface area (Å²) >= 11 is 9.47. The van der Waals surface area contributed by atoms with Crippen LogP contribution in [0.1, 0.15) is 10.4 Å². The Morgan fingerprint density at radius 2 is 1.65 bits per heavy atom. The average molecular weight is 555 g/mol. The molecular formula is C14H9ClI2N4O2. The highest BCUT2D eigenvalue weighted by molar-refractivity contribution is 14.1. The molecule has 0 saturated heterocycles. The van der Waals surface area contributed by atoms with Gasteiger partial charge in [0.1, 0.15) is 0 Å². The van der Waals surface area contributed by atoms with Crippen molar-refractivity contribution in [2.24, 2.45) is 0 Å². The molecule has 0 aliphatic heterocycles. The molecule has 0 saturated carbocycles. The number of nitrogens with zero attached hydrogens (tertiary/aromatic N) is 3. The van der Waals surface area contributed by atoms with Crippen LogP contribution in [0.5, 0.6) is 0 Å². The maximum atomic E-state index is 11.2. The summed E-state index contributed by atoms with van der Waals surface area (Å²) in [6.07, 6.45) is 0. The molecule has 0 aliphatic rings. The van der Waals surface area contributed by atoms with Crippen LogP contribution in [0.4, 0.5) is 0 Å². The molecule has 2 aromatic carbocycles. The predicted octanol–water partition coefficient (Wildman–Crippen LogP) is 3.23. The van der Waals surface area contributed by atoms with Crippen LogP contribution in [0.15, 0.2) is 53.3 Å². The molecule has 3 aromatic rings. The Labute approximate surface area is 163 Å². The quantitative estimate of drug-likeness (QED) is 0.390. The van der Waals surface area contributed by atoms with Crippen LogP contribution in [0, 0.1) is 7.14 Å². The first-order valence-corrected chi connectivity index (χ1v) is 8.74. The maximum absolute atomic E-state index is 11.2. The van der Waals surface area contributed by atoms with E-state index in [9.17, 15) is 9.59 Å². The predicted molar refractivity (Wildman–Crippen MR) is 104 cm³/mol. The molecule has 0 unspecified atom stereocenters. The van der Waals surface area contributed by atoms with Crippen molar-refractivity contribution >= 4 is 62.0 Å². The minimum absolute atomic E-state index is 0.330. The number of benzene rings is 2. The number of H-pyrrole nitrogens is 1. The molecule has 0 bridgehead atoms. The maximum Gasteiger partial charge on any atom is 0.365 e. The summed E-state index contributed by atoms with van der Waals surface area (Å²) in [6.45, 7) is 0. The van der Waals surface area contributed by atoms with Crippen molar-refractivity contribution in [3.8, 4) is 5.69 Å². The third-order valence-corrected chi connectivity index (χ3v) is 4.69. The average Bonchev–Trinajstić information content (AvgIpc) is 2.94. The number of rotatable bonds is 2. The number of hydrogen-bond acceptors (Lipinski definition) is 4. The van der Waals surface area contributed by atoms with Gasteiger partial charge in [0.15, 0.2) is 0 Å². The van der Waals surface area contributed by atoms with Crippen molar-refractivity contribution in [2.45, 2.75) is 0 Å². The Kier molecular flexibility index (Phi) is 6.72. The van der Waals surface area contributed by atoms with Gasteiger partial charge < -0.3 is 0 Å². The summed E-state index contributed by atoms with van der Waals surface area (Å²) in [7, 11) is 0. The third kappa shape index (κ3) is 4.85. The molecule has 0 radical (unpaired) electrons. The number of carbonyl (C=O) groups is 1. The van der Waals surface area contributed by atoms with Gasteiger partial charge in [0.05, 0.1) is 5.69 Å². The van der Waals surface area contributed by atoms with E-state index < -0.39 is 5.24 Å². The third-order valence-electron chi connectivity index (χ3n) is 2.64. The highest BCUT2D eigenvalue weighted by atomic mass is 127. The topological polar surface area (TPSA) is 80.6 Å². The summed E-state index contributed by atoms with van der Waals surface area (Å²) in [5, 5.41) is 8.89. The van der Waals surface area contributed by atoms with Crippen LogP contribution in [0.2, 0.25) is 0 Å². The zero-order valence-electron chi connectivity index (χ0n) is 11.4. The van der Waals surface area contributed by atoms with Gasteiger partial charge in [0.2, 0.25) is 0 Å². The van der Waals surface area contributed by atoms with E-state index in [1.807, 2.05) is 36.4 Å². The van der Waals surface area contributed by atoms with Gasteiger partial charge in [-0.3, -0.25) is 4.79 Å². The number of halogens is 3. The van der Waals surface area contributed by atoms with Crippen molar-refractivity contribution in [3.05, 3.63) is 71.7 Å². The van der Waals surface area contributed by atoms with Gasteiger partial charge in [-0.1, -0.05) is 24.3 Å². The van der Waals surface area contributed by atoms with Crippen LogP contribution < -0.4 is 5.69 Å². The number of para-hydroxylation sites is 1. The number of tetrazole rings is 1. The molecular weight excluding hydrogens is 545 g/mol. The molecule has 3 rings (SSSR count). The van der Waals surface area contributed by atoms with Crippen molar-refractivity contribution in [3.63, 3.8) is 0 Å². The van der Waals surface area contributed by atoms with Crippen molar-refractivity contribution in [1.29, 1.82) is 0 Å². The normalized spacial score (nSPS) is 9.87. The van der Waals surface area contributed by atoms with Crippen LogP contribution >= 0.6 is 56.8 Å². The standard InChI is InChI=1S/C7H4ClIO.C7H5IN4O/c8-7(10)5-3-1-2-4-6(5)9;8-5-3-1-2-4-6(5)12-7(13)9-10-11-12/h1-4H;1-4H,(H,9,11,13). The van der Waals surface area contributed by atoms with E-state index in [0.717, 1.165) is 12.8 Å². The molecule has 0 spiro atoms. The van der Waals surface area contributed by atoms with Crippen molar-refractivity contribution in [1.82, 2.24) is 20.2 Å². The lowest BCUT2D eigenvalue weighted by Gasteiger charge is -1.99. The highest BCUT2D eigenvalue weighted by Crippen LogP contribution is 2.13. The molecule has 6 nitrogen and oxygen atoms in total. The summed E-state index contributed by atoms with van der Waals surface area (Å²) in [5.41, 5.74) is 0.982. The van der Waals surface area contributed by atoms with E-state index in [-0.39, 0.29) is 5.69 Å². The molecule has 1 N–H and O–H groups in total. The number of aromatic nitrogens is 4. The zero-order chi connectivity index (χ0) is 16.8. The second kappa shape index (κ2) is 8.55. The molecule has 0 fully saturated rings. The van der Waals surface area contributed by atoms with Crippen LogP contribution in [-0.4, -0.2) is 25.4 Å². The van der Waals surface area contributed by atoms with Crippen LogP contribution in [-0.2, 0) is 0 Å². The van der Waals surface area contributed by atoms with E-state index in [1.165, 1.54) is 4.68 Å². The van der Waals surface area contributed by atoms with Gasteiger partial charge in [-0.25, -0.2) is 9.89 Å². The molecule has 0 atom stereocenters. The Bertz CT molecular complexity index is 879. The Morgan fingerprint density at radius 3 is 2.13 bits per heavy atom. The fraction of sp³-hybridized carbons (Fsp3) is 0. The molecule has 1 heterocycles. The number of nitrogens with one attached hydrogen (secondary N) is 1. The fourth-order valence-corrected chi connectivity index (χ4v) is 3.17. The lowest BCUT2D eigenvalue weighted by atomic mass is 10.2. The van der Waals surface area contributed by atoms with E-state index in [2.05, 4.69) is 60.7 Å². The highest BCUT2D eigenvalue weighted by Gasteiger charge is 2.05. The second-order valence-electron chi connectivity index (χ2n) is 4.12. The molecule has 0 aliphatic carbocycles. The first-order chi connectivity index (χ1) is 11.0. The van der Waals surface area contributed by atoms with Gasteiger partial charge >= 0.3 is 5.69 Å². The smallest absolute Gasteiger partial charge is 0.276 e.